The van der Waals surface area contributed by atoms with E-state index in [0.29, 0.717) is 17.4 Å². The second-order valence-corrected chi connectivity index (χ2v) is 3.37. The molecule has 11 heavy (non-hydrogen) atoms. The molecule has 1 aliphatic carbocycles. The molecular formula is C9H14O2. The lowest BCUT2D eigenvalue weighted by Gasteiger charge is -2.01. The molecular weight excluding hydrogens is 140 g/mol. The zero-order valence-corrected chi connectivity index (χ0v) is 7.26. The first-order valence-corrected chi connectivity index (χ1v) is 3.90. The van der Waals surface area contributed by atoms with Gasteiger partial charge in [-0.2, -0.15) is 0 Å². The zero-order chi connectivity index (χ0) is 8.59. The third-order valence-corrected chi connectivity index (χ3v) is 2.32. The van der Waals surface area contributed by atoms with Gasteiger partial charge in [-0.25, -0.2) is 4.79 Å². The Bertz CT molecular complexity index is 188. The van der Waals surface area contributed by atoms with Crippen LogP contribution in [0.3, 0.4) is 0 Å². The molecule has 0 N–H and O–H groups in total. The minimum Gasteiger partial charge on any atom is -0.458 e. The molecule has 1 aliphatic rings. The molecule has 0 aromatic rings. The van der Waals surface area contributed by atoms with Crippen molar-refractivity contribution < 1.29 is 9.53 Å². The molecule has 62 valence electrons. The van der Waals surface area contributed by atoms with Gasteiger partial charge in [-0.15, -0.1) is 0 Å². The van der Waals surface area contributed by atoms with Gasteiger partial charge in [0.1, 0.15) is 6.10 Å². The molecule has 1 rings (SSSR count). The van der Waals surface area contributed by atoms with E-state index in [-0.39, 0.29) is 12.1 Å². The topological polar surface area (TPSA) is 26.3 Å². The number of rotatable bonds is 2. The van der Waals surface area contributed by atoms with E-state index in [1.165, 1.54) is 0 Å². The van der Waals surface area contributed by atoms with Gasteiger partial charge in [-0.1, -0.05) is 20.4 Å². The predicted molar refractivity (Wildman–Crippen MR) is 43.0 cm³/mol. The maximum absolute atomic E-state index is 11.0. The molecule has 2 unspecified atom stereocenters. The highest BCUT2D eigenvalue weighted by atomic mass is 16.5. The summed E-state index contributed by atoms with van der Waals surface area (Å²) in [7, 11) is 0. The standard InChI is InChI=1S/C9H14O2/c1-5(2)9(10)11-8-6(3)7(8)4/h6-8H,1H2,2-4H3. The van der Waals surface area contributed by atoms with Gasteiger partial charge in [-0.3, -0.25) is 0 Å². The van der Waals surface area contributed by atoms with Gasteiger partial charge < -0.3 is 4.74 Å². The SMILES string of the molecule is C=C(C)C(=O)OC1C(C)C1C. The number of hydrogen-bond acceptors (Lipinski definition) is 2. The molecule has 0 heterocycles. The third-order valence-electron chi connectivity index (χ3n) is 2.32. The Labute approximate surface area is 67.2 Å². The van der Waals surface area contributed by atoms with E-state index >= 15 is 0 Å². The van der Waals surface area contributed by atoms with Gasteiger partial charge in [0.25, 0.3) is 0 Å². The van der Waals surface area contributed by atoms with Gasteiger partial charge in [0.05, 0.1) is 0 Å². The quantitative estimate of drug-likeness (QED) is 0.447. The summed E-state index contributed by atoms with van der Waals surface area (Å²) in [6.45, 7) is 9.35. The van der Waals surface area contributed by atoms with E-state index in [1.807, 2.05) is 0 Å². The lowest BCUT2D eigenvalue weighted by molar-refractivity contribution is -0.140. The molecule has 0 amide bonds. The van der Waals surface area contributed by atoms with E-state index in [4.69, 9.17) is 4.74 Å². The number of carbonyl (C=O) groups is 1. The van der Waals surface area contributed by atoms with Crippen molar-refractivity contribution in [1.82, 2.24) is 0 Å². The van der Waals surface area contributed by atoms with Crippen LogP contribution in [0.5, 0.6) is 0 Å². The van der Waals surface area contributed by atoms with Crippen molar-refractivity contribution in [3.63, 3.8) is 0 Å². The molecule has 0 aliphatic heterocycles. The Morgan fingerprint density at radius 3 is 2.09 bits per heavy atom. The lowest BCUT2D eigenvalue weighted by Crippen LogP contribution is -2.08. The van der Waals surface area contributed by atoms with Crippen LogP contribution in [-0.2, 0) is 9.53 Å². The molecule has 0 spiro atoms. The van der Waals surface area contributed by atoms with Crippen molar-refractivity contribution in [3.05, 3.63) is 12.2 Å². The summed E-state index contributed by atoms with van der Waals surface area (Å²) in [5.41, 5.74) is 0.483. The molecule has 1 fully saturated rings. The van der Waals surface area contributed by atoms with Crippen LogP contribution in [0.1, 0.15) is 20.8 Å². The molecule has 0 saturated heterocycles. The van der Waals surface area contributed by atoms with Crippen LogP contribution in [0, 0.1) is 11.8 Å². The fourth-order valence-electron chi connectivity index (χ4n) is 1.06. The maximum Gasteiger partial charge on any atom is 0.333 e. The molecule has 2 heteroatoms. The highest BCUT2D eigenvalue weighted by molar-refractivity contribution is 5.87. The van der Waals surface area contributed by atoms with Crippen LogP contribution in [0.15, 0.2) is 12.2 Å². The molecule has 2 nitrogen and oxygen atoms in total. The number of ether oxygens (including phenoxy) is 1. The molecule has 0 bridgehead atoms. The molecule has 0 aromatic heterocycles. The van der Waals surface area contributed by atoms with Crippen LogP contribution in [0.4, 0.5) is 0 Å². The number of esters is 1. The third kappa shape index (κ3) is 1.62. The smallest absolute Gasteiger partial charge is 0.333 e. The maximum atomic E-state index is 11.0. The summed E-state index contributed by atoms with van der Waals surface area (Å²) in [4.78, 5) is 11.0. The summed E-state index contributed by atoms with van der Waals surface area (Å²) in [6.07, 6.45) is 0.138. The second-order valence-electron chi connectivity index (χ2n) is 3.37. The van der Waals surface area contributed by atoms with Crippen molar-refractivity contribution in [1.29, 1.82) is 0 Å². The minimum absolute atomic E-state index is 0.138. The van der Waals surface area contributed by atoms with Gasteiger partial charge >= 0.3 is 5.97 Å². The number of hydrogen-bond donors (Lipinski definition) is 0. The Morgan fingerprint density at radius 1 is 1.36 bits per heavy atom. The summed E-state index contributed by atoms with van der Waals surface area (Å²) in [5, 5.41) is 0. The second kappa shape index (κ2) is 2.68. The molecule has 0 radical (unpaired) electrons. The number of carbonyl (C=O) groups excluding carboxylic acids is 1. The minimum atomic E-state index is -0.258. The van der Waals surface area contributed by atoms with Crippen molar-refractivity contribution in [3.8, 4) is 0 Å². The summed E-state index contributed by atoms with van der Waals surface area (Å²) < 4.78 is 5.11. The highest BCUT2D eigenvalue weighted by Gasteiger charge is 2.46. The average Bonchev–Trinajstić information content (AvgIpc) is 2.45. The predicted octanol–water partition coefficient (Wildman–Crippen LogP) is 1.76. The van der Waals surface area contributed by atoms with Gasteiger partial charge in [0, 0.05) is 5.57 Å². The normalized spacial score (nSPS) is 34.6. The lowest BCUT2D eigenvalue weighted by atomic mass is 10.4. The first-order chi connectivity index (χ1) is 5.04. The van der Waals surface area contributed by atoms with Crippen LogP contribution >= 0.6 is 0 Å². The molecule has 2 atom stereocenters. The highest BCUT2D eigenvalue weighted by Crippen LogP contribution is 2.40. The Morgan fingerprint density at radius 2 is 1.82 bits per heavy atom. The van der Waals surface area contributed by atoms with E-state index in [1.54, 1.807) is 6.92 Å². The Hall–Kier alpha value is -0.790. The Kier molecular flexibility index (Phi) is 2.03. The fraction of sp³-hybridized carbons (Fsp3) is 0.667. The molecule has 0 aromatic carbocycles. The van der Waals surface area contributed by atoms with Crippen LogP contribution in [-0.4, -0.2) is 12.1 Å². The summed E-state index contributed by atoms with van der Waals surface area (Å²) in [5.74, 6) is 0.794. The van der Waals surface area contributed by atoms with Crippen molar-refractivity contribution in [2.45, 2.75) is 26.9 Å². The Balaban J connectivity index is 2.34. The summed E-state index contributed by atoms with van der Waals surface area (Å²) in [6, 6.07) is 0. The average molecular weight is 154 g/mol. The van der Waals surface area contributed by atoms with Gasteiger partial charge in [0.15, 0.2) is 0 Å². The first-order valence-electron chi connectivity index (χ1n) is 3.90. The van der Waals surface area contributed by atoms with Gasteiger partial charge in [0.2, 0.25) is 0 Å². The fourth-order valence-corrected chi connectivity index (χ4v) is 1.06. The van der Waals surface area contributed by atoms with E-state index in [9.17, 15) is 4.79 Å². The molecule has 1 saturated carbocycles. The van der Waals surface area contributed by atoms with Crippen molar-refractivity contribution >= 4 is 5.97 Å². The van der Waals surface area contributed by atoms with Crippen molar-refractivity contribution in [2.75, 3.05) is 0 Å². The summed E-state index contributed by atoms with van der Waals surface area (Å²) >= 11 is 0. The van der Waals surface area contributed by atoms with Crippen LogP contribution in [0.25, 0.3) is 0 Å². The van der Waals surface area contributed by atoms with E-state index in [2.05, 4.69) is 20.4 Å². The van der Waals surface area contributed by atoms with Crippen LogP contribution < -0.4 is 0 Å². The first kappa shape index (κ1) is 8.31. The zero-order valence-electron chi connectivity index (χ0n) is 7.26. The van der Waals surface area contributed by atoms with Gasteiger partial charge in [-0.05, 0) is 18.8 Å². The van der Waals surface area contributed by atoms with E-state index in [0.717, 1.165) is 0 Å². The monoisotopic (exact) mass is 154 g/mol. The van der Waals surface area contributed by atoms with Crippen LogP contribution in [0.2, 0.25) is 0 Å². The largest absolute Gasteiger partial charge is 0.458 e. The van der Waals surface area contributed by atoms with Crippen molar-refractivity contribution in [2.24, 2.45) is 11.8 Å². The van der Waals surface area contributed by atoms with E-state index < -0.39 is 0 Å².